The molecule has 1 aliphatic heterocycles. The molecule has 3 nitrogen and oxygen atoms in total. The normalized spacial score (nSPS) is 21.9. The van der Waals surface area contributed by atoms with Crippen LogP contribution in [0.4, 0.5) is 4.39 Å². The van der Waals surface area contributed by atoms with Crippen molar-refractivity contribution in [3.05, 3.63) is 34.6 Å². The summed E-state index contributed by atoms with van der Waals surface area (Å²) in [5, 5.41) is 10.4. The summed E-state index contributed by atoms with van der Waals surface area (Å²) in [5.41, 5.74) is 0.432. The SMILES string of the molecule is CCCN1CCOC(C(O)Cc2cccc(Cl)c2F)C1. The van der Waals surface area contributed by atoms with E-state index in [-0.39, 0.29) is 17.5 Å². The number of nitrogens with zero attached hydrogens (tertiary/aromatic N) is 1. The van der Waals surface area contributed by atoms with Gasteiger partial charge >= 0.3 is 0 Å². The Hall–Kier alpha value is -0.680. The van der Waals surface area contributed by atoms with E-state index in [0.29, 0.717) is 18.7 Å². The summed E-state index contributed by atoms with van der Waals surface area (Å²) in [4.78, 5) is 2.27. The largest absolute Gasteiger partial charge is 0.390 e. The number of morpholine rings is 1. The zero-order valence-corrected chi connectivity index (χ0v) is 12.4. The molecular formula is C15H21ClFNO2. The van der Waals surface area contributed by atoms with Gasteiger partial charge in [0.25, 0.3) is 0 Å². The van der Waals surface area contributed by atoms with Crippen LogP contribution in [0.1, 0.15) is 18.9 Å². The van der Waals surface area contributed by atoms with E-state index in [1.807, 2.05) is 0 Å². The van der Waals surface area contributed by atoms with Gasteiger partial charge in [0.05, 0.1) is 23.8 Å². The highest BCUT2D eigenvalue weighted by atomic mass is 35.5. The lowest BCUT2D eigenvalue weighted by Crippen LogP contribution is -2.48. The first kappa shape index (κ1) is 15.7. The van der Waals surface area contributed by atoms with E-state index in [2.05, 4.69) is 11.8 Å². The summed E-state index contributed by atoms with van der Waals surface area (Å²) >= 11 is 5.75. The number of rotatable bonds is 5. The third-order valence-corrected chi connectivity index (χ3v) is 3.90. The van der Waals surface area contributed by atoms with E-state index in [4.69, 9.17) is 16.3 Å². The highest BCUT2D eigenvalue weighted by Crippen LogP contribution is 2.21. The second kappa shape index (κ2) is 7.36. The van der Waals surface area contributed by atoms with Gasteiger partial charge in [-0.15, -0.1) is 0 Å². The van der Waals surface area contributed by atoms with Gasteiger partial charge in [0.2, 0.25) is 0 Å². The van der Waals surface area contributed by atoms with Crippen molar-refractivity contribution in [3.63, 3.8) is 0 Å². The number of aliphatic hydroxyl groups excluding tert-OH is 1. The molecule has 2 rings (SSSR count). The molecule has 1 heterocycles. The highest BCUT2D eigenvalue weighted by Gasteiger charge is 2.27. The first-order valence-electron chi connectivity index (χ1n) is 7.06. The molecule has 1 aliphatic rings. The third kappa shape index (κ3) is 3.92. The Kier molecular flexibility index (Phi) is 5.78. The fourth-order valence-corrected chi connectivity index (χ4v) is 2.74. The van der Waals surface area contributed by atoms with Gasteiger partial charge in [0, 0.05) is 19.5 Å². The molecule has 20 heavy (non-hydrogen) atoms. The minimum atomic E-state index is -0.720. The molecule has 1 N–H and O–H groups in total. The lowest BCUT2D eigenvalue weighted by molar-refractivity contribution is -0.0879. The van der Waals surface area contributed by atoms with E-state index in [0.717, 1.165) is 19.5 Å². The fraction of sp³-hybridized carbons (Fsp3) is 0.600. The zero-order chi connectivity index (χ0) is 14.5. The number of hydrogen-bond donors (Lipinski definition) is 1. The van der Waals surface area contributed by atoms with Gasteiger partial charge in [0.1, 0.15) is 5.82 Å². The molecule has 0 saturated carbocycles. The van der Waals surface area contributed by atoms with Gasteiger partial charge in [-0.2, -0.15) is 0 Å². The molecule has 0 amide bonds. The van der Waals surface area contributed by atoms with E-state index in [1.165, 1.54) is 6.07 Å². The van der Waals surface area contributed by atoms with Crippen LogP contribution in [0.25, 0.3) is 0 Å². The summed E-state index contributed by atoms with van der Waals surface area (Å²) in [7, 11) is 0. The average molecular weight is 302 g/mol. The van der Waals surface area contributed by atoms with Crippen LogP contribution in [0, 0.1) is 5.82 Å². The highest BCUT2D eigenvalue weighted by molar-refractivity contribution is 6.30. The van der Waals surface area contributed by atoms with Crippen LogP contribution in [0.5, 0.6) is 0 Å². The van der Waals surface area contributed by atoms with Crippen LogP contribution < -0.4 is 0 Å². The predicted octanol–water partition coefficient (Wildman–Crippen LogP) is 2.49. The molecule has 1 aromatic carbocycles. The maximum atomic E-state index is 13.8. The molecule has 0 bridgehead atoms. The van der Waals surface area contributed by atoms with Crippen LogP contribution >= 0.6 is 11.6 Å². The Bertz CT molecular complexity index is 442. The number of hydrogen-bond acceptors (Lipinski definition) is 3. The third-order valence-electron chi connectivity index (χ3n) is 3.61. The topological polar surface area (TPSA) is 32.7 Å². The predicted molar refractivity (Wildman–Crippen MR) is 77.6 cm³/mol. The lowest BCUT2D eigenvalue weighted by Gasteiger charge is -2.35. The van der Waals surface area contributed by atoms with Gasteiger partial charge in [-0.25, -0.2) is 4.39 Å². The van der Waals surface area contributed by atoms with Crippen molar-refractivity contribution >= 4 is 11.6 Å². The molecule has 112 valence electrons. The molecule has 1 fully saturated rings. The maximum absolute atomic E-state index is 13.8. The summed E-state index contributed by atoms with van der Waals surface area (Å²) in [6.07, 6.45) is 0.305. The Morgan fingerprint density at radius 3 is 3.10 bits per heavy atom. The van der Waals surface area contributed by atoms with Crippen molar-refractivity contribution < 1.29 is 14.2 Å². The van der Waals surface area contributed by atoms with Gasteiger partial charge < -0.3 is 9.84 Å². The van der Waals surface area contributed by atoms with E-state index >= 15 is 0 Å². The molecular weight excluding hydrogens is 281 g/mol. The van der Waals surface area contributed by atoms with Crippen LogP contribution in [-0.2, 0) is 11.2 Å². The fourth-order valence-electron chi connectivity index (χ4n) is 2.55. The van der Waals surface area contributed by atoms with Crippen molar-refractivity contribution in [2.75, 3.05) is 26.2 Å². The Balaban J connectivity index is 1.97. The standard InChI is InChI=1S/C15H21ClFNO2/c1-2-6-18-7-8-20-14(10-18)13(19)9-11-4-3-5-12(16)15(11)17/h3-5,13-14,19H,2,6-10H2,1H3. The number of halogens is 2. The monoisotopic (exact) mass is 301 g/mol. The minimum Gasteiger partial charge on any atom is -0.390 e. The molecule has 5 heteroatoms. The van der Waals surface area contributed by atoms with Crippen LogP contribution in [0.15, 0.2) is 18.2 Å². The van der Waals surface area contributed by atoms with Gasteiger partial charge in [-0.05, 0) is 24.6 Å². The molecule has 2 atom stereocenters. The Morgan fingerprint density at radius 2 is 2.35 bits per heavy atom. The molecule has 0 radical (unpaired) electrons. The van der Waals surface area contributed by atoms with Crippen LogP contribution in [0.2, 0.25) is 5.02 Å². The first-order chi connectivity index (χ1) is 9.61. The van der Waals surface area contributed by atoms with Crippen molar-refractivity contribution in [2.24, 2.45) is 0 Å². The van der Waals surface area contributed by atoms with Crippen molar-refractivity contribution in [3.8, 4) is 0 Å². The minimum absolute atomic E-state index is 0.0897. The lowest BCUT2D eigenvalue weighted by atomic mass is 10.0. The van der Waals surface area contributed by atoms with E-state index in [9.17, 15) is 9.50 Å². The second-order valence-corrected chi connectivity index (χ2v) is 5.60. The number of benzene rings is 1. The van der Waals surface area contributed by atoms with Crippen molar-refractivity contribution in [1.29, 1.82) is 0 Å². The molecule has 0 spiro atoms. The second-order valence-electron chi connectivity index (χ2n) is 5.19. The Labute approximate surface area is 124 Å². The first-order valence-corrected chi connectivity index (χ1v) is 7.44. The summed E-state index contributed by atoms with van der Waals surface area (Å²) in [5.74, 6) is -0.450. The van der Waals surface area contributed by atoms with Gasteiger partial charge in [0.15, 0.2) is 0 Å². The molecule has 0 aromatic heterocycles. The zero-order valence-electron chi connectivity index (χ0n) is 11.7. The van der Waals surface area contributed by atoms with Crippen LogP contribution in [0.3, 0.4) is 0 Å². The number of aliphatic hydroxyl groups is 1. The molecule has 2 unspecified atom stereocenters. The van der Waals surface area contributed by atoms with E-state index in [1.54, 1.807) is 12.1 Å². The molecule has 0 aliphatic carbocycles. The average Bonchev–Trinajstić information content (AvgIpc) is 2.44. The molecule has 1 saturated heterocycles. The smallest absolute Gasteiger partial charge is 0.145 e. The summed E-state index contributed by atoms with van der Waals surface area (Å²) < 4.78 is 19.4. The molecule has 1 aromatic rings. The number of ether oxygens (including phenoxy) is 1. The van der Waals surface area contributed by atoms with Gasteiger partial charge in [-0.1, -0.05) is 30.7 Å². The van der Waals surface area contributed by atoms with E-state index < -0.39 is 11.9 Å². The Morgan fingerprint density at radius 1 is 1.55 bits per heavy atom. The maximum Gasteiger partial charge on any atom is 0.145 e. The van der Waals surface area contributed by atoms with Crippen molar-refractivity contribution in [2.45, 2.75) is 32.0 Å². The summed E-state index contributed by atoms with van der Waals surface area (Å²) in [6.45, 7) is 5.32. The summed E-state index contributed by atoms with van der Waals surface area (Å²) in [6, 6.07) is 4.85. The van der Waals surface area contributed by atoms with Crippen molar-refractivity contribution in [1.82, 2.24) is 4.90 Å². The van der Waals surface area contributed by atoms with Crippen LogP contribution in [-0.4, -0.2) is 48.5 Å². The quantitative estimate of drug-likeness (QED) is 0.907. The van der Waals surface area contributed by atoms with Gasteiger partial charge in [-0.3, -0.25) is 4.90 Å².